The maximum absolute atomic E-state index is 5.33. The minimum absolute atomic E-state index is 0.757. The summed E-state index contributed by atoms with van der Waals surface area (Å²) in [5.41, 5.74) is 1.48. The second kappa shape index (κ2) is 7.02. The van der Waals surface area contributed by atoms with Gasteiger partial charge in [-0.3, -0.25) is 0 Å². The molecule has 1 rings (SSSR count). The first kappa shape index (κ1) is 11.7. The van der Waals surface area contributed by atoms with Crippen LogP contribution in [0.25, 0.3) is 0 Å². The molecule has 1 heterocycles. The van der Waals surface area contributed by atoms with Gasteiger partial charge < -0.3 is 10.1 Å². The van der Waals surface area contributed by atoms with E-state index in [0.717, 1.165) is 32.2 Å². The van der Waals surface area contributed by atoms with Gasteiger partial charge in [-0.25, -0.2) is 0 Å². The van der Waals surface area contributed by atoms with E-state index in [2.05, 4.69) is 25.2 Å². The van der Waals surface area contributed by atoms with Gasteiger partial charge in [0.25, 0.3) is 0 Å². The molecular formula is C12H23NO. The molecule has 0 saturated carbocycles. The van der Waals surface area contributed by atoms with E-state index in [1.165, 1.54) is 24.8 Å². The van der Waals surface area contributed by atoms with E-state index in [0.29, 0.717) is 0 Å². The van der Waals surface area contributed by atoms with Crippen molar-refractivity contribution in [3.05, 3.63) is 11.6 Å². The van der Waals surface area contributed by atoms with Crippen LogP contribution in [-0.4, -0.2) is 26.3 Å². The van der Waals surface area contributed by atoms with Crippen LogP contribution < -0.4 is 5.32 Å². The predicted octanol–water partition coefficient (Wildman–Crippen LogP) is 2.36. The quantitative estimate of drug-likeness (QED) is 0.539. The number of rotatable bonds is 5. The Kier molecular flexibility index (Phi) is 5.88. The van der Waals surface area contributed by atoms with Crippen molar-refractivity contribution in [3.8, 4) is 0 Å². The summed E-state index contributed by atoms with van der Waals surface area (Å²) in [5.74, 6) is 0.757. The highest BCUT2D eigenvalue weighted by molar-refractivity contribution is 5.03. The molecular weight excluding hydrogens is 174 g/mol. The van der Waals surface area contributed by atoms with Crippen LogP contribution in [-0.2, 0) is 4.74 Å². The van der Waals surface area contributed by atoms with Gasteiger partial charge >= 0.3 is 0 Å². The second-order valence-electron chi connectivity index (χ2n) is 4.14. The van der Waals surface area contributed by atoms with Gasteiger partial charge in [0.1, 0.15) is 0 Å². The van der Waals surface area contributed by atoms with Crippen molar-refractivity contribution in [3.63, 3.8) is 0 Å². The lowest BCUT2D eigenvalue weighted by molar-refractivity contribution is 0.0783. The molecule has 0 amide bonds. The van der Waals surface area contributed by atoms with Gasteiger partial charge in [0.2, 0.25) is 0 Å². The fraction of sp³-hybridized carbons (Fsp3) is 0.833. The number of hydrogen-bond donors (Lipinski definition) is 1. The van der Waals surface area contributed by atoms with Gasteiger partial charge in [0, 0.05) is 19.8 Å². The zero-order valence-electron chi connectivity index (χ0n) is 9.51. The van der Waals surface area contributed by atoms with Crippen molar-refractivity contribution in [2.45, 2.75) is 33.1 Å². The number of nitrogens with one attached hydrogen (secondary N) is 1. The number of hydrogen-bond acceptors (Lipinski definition) is 2. The Balaban J connectivity index is 2.19. The van der Waals surface area contributed by atoms with E-state index < -0.39 is 0 Å². The molecule has 1 N–H and O–H groups in total. The Bertz CT molecular complexity index is 171. The highest BCUT2D eigenvalue weighted by Gasteiger charge is 2.10. The molecule has 1 aliphatic rings. The minimum Gasteiger partial charge on any atom is -0.381 e. The molecule has 0 radical (unpaired) electrons. The maximum Gasteiger partial charge on any atom is 0.0471 e. The highest BCUT2D eigenvalue weighted by atomic mass is 16.5. The molecule has 1 aliphatic heterocycles. The monoisotopic (exact) mass is 197 g/mol. The van der Waals surface area contributed by atoms with Crippen molar-refractivity contribution in [1.82, 2.24) is 5.32 Å². The van der Waals surface area contributed by atoms with Crippen molar-refractivity contribution < 1.29 is 4.74 Å². The third-order valence-electron chi connectivity index (χ3n) is 2.62. The van der Waals surface area contributed by atoms with E-state index in [-0.39, 0.29) is 0 Å². The Morgan fingerprint density at radius 3 is 2.79 bits per heavy atom. The lowest BCUT2D eigenvalue weighted by Gasteiger charge is -2.19. The lowest BCUT2D eigenvalue weighted by atomic mass is 9.98. The summed E-state index contributed by atoms with van der Waals surface area (Å²) in [4.78, 5) is 0. The van der Waals surface area contributed by atoms with Gasteiger partial charge in [0.05, 0.1) is 0 Å². The van der Waals surface area contributed by atoms with Crippen LogP contribution in [0.15, 0.2) is 11.6 Å². The van der Waals surface area contributed by atoms with Crippen LogP contribution in [0.3, 0.4) is 0 Å². The van der Waals surface area contributed by atoms with Crippen LogP contribution >= 0.6 is 0 Å². The number of allylic oxidation sites excluding steroid dienone is 1. The summed E-state index contributed by atoms with van der Waals surface area (Å²) in [5, 5.41) is 3.42. The van der Waals surface area contributed by atoms with Crippen molar-refractivity contribution in [2.75, 3.05) is 26.3 Å². The average molecular weight is 197 g/mol. The lowest BCUT2D eigenvalue weighted by Crippen LogP contribution is -2.19. The molecule has 82 valence electrons. The van der Waals surface area contributed by atoms with Crippen LogP contribution in [0.1, 0.15) is 33.1 Å². The Morgan fingerprint density at radius 2 is 2.14 bits per heavy atom. The van der Waals surface area contributed by atoms with Gasteiger partial charge in [-0.05, 0) is 38.6 Å². The molecule has 0 atom stereocenters. The SMILES string of the molecule is CCCNCC(C)=CC1CCOCC1. The fourth-order valence-electron chi connectivity index (χ4n) is 1.81. The summed E-state index contributed by atoms with van der Waals surface area (Å²) < 4.78 is 5.33. The molecule has 2 nitrogen and oxygen atoms in total. The predicted molar refractivity (Wildman–Crippen MR) is 60.5 cm³/mol. The Hall–Kier alpha value is -0.340. The fourth-order valence-corrected chi connectivity index (χ4v) is 1.81. The molecule has 14 heavy (non-hydrogen) atoms. The smallest absolute Gasteiger partial charge is 0.0471 e. The van der Waals surface area contributed by atoms with E-state index in [1.54, 1.807) is 0 Å². The summed E-state index contributed by atoms with van der Waals surface area (Å²) in [6, 6.07) is 0. The topological polar surface area (TPSA) is 21.3 Å². The molecule has 1 fully saturated rings. The Morgan fingerprint density at radius 1 is 1.43 bits per heavy atom. The molecule has 0 aromatic carbocycles. The van der Waals surface area contributed by atoms with E-state index in [1.807, 2.05) is 0 Å². The van der Waals surface area contributed by atoms with Gasteiger partial charge in [-0.15, -0.1) is 0 Å². The van der Waals surface area contributed by atoms with E-state index in [4.69, 9.17) is 4.74 Å². The normalized spacial score (nSPS) is 20.0. The molecule has 0 unspecified atom stereocenters. The minimum atomic E-state index is 0.757. The molecule has 2 heteroatoms. The van der Waals surface area contributed by atoms with Crippen LogP contribution in [0.4, 0.5) is 0 Å². The van der Waals surface area contributed by atoms with E-state index in [9.17, 15) is 0 Å². The summed E-state index contributed by atoms with van der Waals surface area (Å²) in [7, 11) is 0. The van der Waals surface area contributed by atoms with Crippen LogP contribution in [0.2, 0.25) is 0 Å². The van der Waals surface area contributed by atoms with Gasteiger partial charge in [0.15, 0.2) is 0 Å². The van der Waals surface area contributed by atoms with Crippen LogP contribution in [0.5, 0.6) is 0 Å². The third-order valence-corrected chi connectivity index (χ3v) is 2.62. The van der Waals surface area contributed by atoms with E-state index >= 15 is 0 Å². The highest BCUT2D eigenvalue weighted by Crippen LogP contribution is 2.17. The summed E-state index contributed by atoms with van der Waals surface area (Å²) in [6.07, 6.45) is 6.03. The standard InChI is InChI=1S/C12H23NO/c1-3-6-13-10-11(2)9-12-4-7-14-8-5-12/h9,12-13H,3-8,10H2,1-2H3. The van der Waals surface area contributed by atoms with Crippen molar-refractivity contribution in [2.24, 2.45) is 5.92 Å². The first-order valence-electron chi connectivity index (χ1n) is 5.78. The molecule has 0 aromatic rings. The second-order valence-corrected chi connectivity index (χ2v) is 4.14. The van der Waals surface area contributed by atoms with Gasteiger partial charge in [-0.2, -0.15) is 0 Å². The maximum atomic E-state index is 5.33. The first-order valence-corrected chi connectivity index (χ1v) is 5.78. The molecule has 0 aliphatic carbocycles. The summed E-state index contributed by atoms with van der Waals surface area (Å²) >= 11 is 0. The zero-order chi connectivity index (χ0) is 10.2. The third kappa shape index (κ3) is 4.77. The van der Waals surface area contributed by atoms with Crippen molar-refractivity contribution in [1.29, 1.82) is 0 Å². The zero-order valence-corrected chi connectivity index (χ0v) is 9.51. The Labute approximate surface area is 87.7 Å². The van der Waals surface area contributed by atoms with Gasteiger partial charge in [-0.1, -0.05) is 18.6 Å². The van der Waals surface area contributed by atoms with Crippen molar-refractivity contribution >= 4 is 0 Å². The molecule has 0 bridgehead atoms. The summed E-state index contributed by atoms with van der Waals surface area (Å²) in [6.45, 7) is 8.47. The first-order chi connectivity index (χ1) is 6.83. The largest absolute Gasteiger partial charge is 0.381 e. The average Bonchev–Trinajstić information content (AvgIpc) is 2.20. The molecule has 0 aromatic heterocycles. The molecule has 0 spiro atoms. The molecule has 1 saturated heterocycles. The number of ether oxygens (including phenoxy) is 1. The van der Waals surface area contributed by atoms with Crippen LogP contribution in [0, 0.1) is 5.92 Å².